The minimum Gasteiger partial charge on any atom is -0.385 e. The lowest BCUT2D eigenvalue weighted by Crippen LogP contribution is -2.43. The summed E-state index contributed by atoms with van der Waals surface area (Å²) in [5, 5.41) is 10.8. The second-order valence-electron chi connectivity index (χ2n) is 5.61. The highest BCUT2D eigenvalue weighted by molar-refractivity contribution is 5.44. The second kappa shape index (κ2) is 5.33. The number of rotatable bonds is 2. The van der Waals surface area contributed by atoms with Crippen LogP contribution in [0.15, 0.2) is 36.4 Å². The number of nitrogens with two attached hydrogens (primary N) is 1. The van der Waals surface area contributed by atoms with Crippen molar-refractivity contribution in [1.82, 2.24) is 9.97 Å². The normalized spacial score (nSPS) is 17.7. The van der Waals surface area contributed by atoms with Crippen molar-refractivity contribution in [1.29, 1.82) is 0 Å². The van der Waals surface area contributed by atoms with E-state index in [2.05, 4.69) is 14.9 Å². The lowest BCUT2D eigenvalue weighted by Gasteiger charge is -2.39. The maximum absolute atomic E-state index is 10.8. The van der Waals surface area contributed by atoms with Crippen molar-refractivity contribution >= 4 is 11.8 Å². The van der Waals surface area contributed by atoms with Crippen LogP contribution in [0.5, 0.6) is 0 Å². The van der Waals surface area contributed by atoms with Crippen LogP contribution in [0.2, 0.25) is 0 Å². The molecule has 0 bridgehead atoms. The predicted octanol–water partition coefficient (Wildman–Crippen LogP) is 1.86. The Kier molecular flexibility index (Phi) is 3.51. The summed E-state index contributed by atoms with van der Waals surface area (Å²) in [6.45, 7) is 3.41. The van der Waals surface area contributed by atoms with Gasteiger partial charge in [0.05, 0.1) is 5.60 Å². The van der Waals surface area contributed by atoms with Crippen LogP contribution in [0.3, 0.4) is 0 Å². The first-order valence-corrected chi connectivity index (χ1v) is 7.21. The quantitative estimate of drug-likeness (QED) is 0.880. The largest absolute Gasteiger partial charge is 0.385 e. The molecule has 1 aromatic carbocycles. The van der Waals surface area contributed by atoms with E-state index in [4.69, 9.17) is 5.73 Å². The summed E-state index contributed by atoms with van der Waals surface area (Å²) in [4.78, 5) is 10.5. The molecule has 0 saturated carbocycles. The van der Waals surface area contributed by atoms with Crippen LogP contribution >= 0.6 is 0 Å². The highest BCUT2D eigenvalue weighted by Crippen LogP contribution is 2.34. The molecule has 110 valence electrons. The van der Waals surface area contributed by atoms with Crippen molar-refractivity contribution in [2.45, 2.75) is 25.4 Å². The smallest absolute Gasteiger partial charge is 0.222 e. The Balaban J connectivity index is 1.76. The van der Waals surface area contributed by atoms with E-state index in [0.29, 0.717) is 18.8 Å². The molecule has 3 rings (SSSR count). The van der Waals surface area contributed by atoms with Gasteiger partial charge < -0.3 is 15.7 Å². The minimum atomic E-state index is -0.745. The van der Waals surface area contributed by atoms with E-state index in [9.17, 15) is 5.11 Å². The summed E-state index contributed by atoms with van der Waals surface area (Å²) in [5.74, 6) is 1.14. The molecule has 1 saturated heterocycles. The number of hydrogen-bond donors (Lipinski definition) is 2. The zero-order chi connectivity index (χ0) is 14.9. The lowest BCUT2D eigenvalue weighted by atomic mass is 9.84. The number of anilines is 2. The molecule has 2 heterocycles. The van der Waals surface area contributed by atoms with Gasteiger partial charge in [-0.15, -0.1) is 0 Å². The molecule has 5 nitrogen and oxygen atoms in total. The van der Waals surface area contributed by atoms with Crippen molar-refractivity contribution in [2.24, 2.45) is 0 Å². The number of piperidine rings is 1. The minimum absolute atomic E-state index is 0.300. The van der Waals surface area contributed by atoms with Crippen LogP contribution in [-0.2, 0) is 5.60 Å². The van der Waals surface area contributed by atoms with E-state index in [1.807, 2.05) is 43.3 Å². The Hall–Kier alpha value is -2.14. The predicted molar refractivity (Wildman–Crippen MR) is 83.0 cm³/mol. The van der Waals surface area contributed by atoms with Crippen LogP contribution in [0.4, 0.5) is 11.8 Å². The molecule has 0 aliphatic carbocycles. The standard InChI is InChI=1S/C16H20N4O/c1-12-11-14(19-15(17)18-12)20-9-7-16(21,8-10-20)13-5-3-2-4-6-13/h2-6,11,21H,7-10H2,1H3,(H2,17,18,19). The van der Waals surface area contributed by atoms with E-state index in [1.54, 1.807) is 0 Å². The number of aromatic nitrogens is 2. The van der Waals surface area contributed by atoms with Crippen LogP contribution in [-0.4, -0.2) is 28.2 Å². The Labute approximate surface area is 124 Å². The Morgan fingerprint density at radius 3 is 2.43 bits per heavy atom. The molecule has 0 atom stereocenters. The fraction of sp³-hybridized carbons (Fsp3) is 0.375. The molecule has 1 aliphatic rings. The Morgan fingerprint density at radius 1 is 1.14 bits per heavy atom. The fourth-order valence-corrected chi connectivity index (χ4v) is 2.88. The van der Waals surface area contributed by atoms with Crippen LogP contribution in [0, 0.1) is 6.92 Å². The van der Waals surface area contributed by atoms with Gasteiger partial charge in [0.25, 0.3) is 0 Å². The van der Waals surface area contributed by atoms with Crippen LogP contribution in [0.1, 0.15) is 24.1 Å². The number of nitrogen functional groups attached to an aromatic ring is 1. The maximum atomic E-state index is 10.8. The lowest BCUT2D eigenvalue weighted by molar-refractivity contribution is 0.0116. The molecule has 0 spiro atoms. The summed E-state index contributed by atoms with van der Waals surface area (Å²) in [6, 6.07) is 11.8. The Morgan fingerprint density at radius 2 is 1.81 bits per heavy atom. The average molecular weight is 284 g/mol. The Bertz CT molecular complexity index is 601. The second-order valence-corrected chi connectivity index (χ2v) is 5.61. The van der Waals surface area contributed by atoms with Gasteiger partial charge in [-0.05, 0) is 25.3 Å². The van der Waals surface area contributed by atoms with Crippen LogP contribution < -0.4 is 10.6 Å². The van der Waals surface area contributed by atoms with Gasteiger partial charge in [0.15, 0.2) is 0 Å². The topological polar surface area (TPSA) is 75.3 Å². The molecule has 0 radical (unpaired) electrons. The van der Waals surface area contributed by atoms with Gasteiger partial charge >= 0.3 is 0 Å². The zero-order valence-electron chi connectivity index (χ0n) is 12.2. The van der Waals surface area contributed by atoms with E-state index < -0.39 is 5.60 Å². The highest BCUT2D eigenvalue weighted by Gasteiger charge is 2.34. The molecule has 1 aromatic heterocycles. The van der Waals surface area contributed by atoms with Gasteiger partial charge in [-0.25, -0.2) is 4.98 Å². The molecular weight excluding hydrogens is 264 g/mol. The first-order valence-electron chi connectivity index (χ1n) is 7.21. The summed E-state index contributed by atoms with van der Waals surface area (Å²) >= 11 is 0. The van der Waals surface area contributed by atoms with Crippen molar-refractivity contribution in [2.75, 3.05) is 23.7 Å². The summed E-state index contributed by atoms with van der Waals surface area (Å²) in [6.07, 6.45) is 1.36. The maximum Gasteiger partial charge on any atom is 0.222 e. The third kappa shape index (κ3) is 2.83. The van der Waals surface area contributed by atoms with E-state index in [-0.39, 0.29) is 0 Å². The number of benzene rings is 1. The summed E-state index contributed by atoms with van der Waals surface area (Å²) < 4.78 is 0. The first-order chi connectivity index (χ1) is 10.1. The molecule has 0 amide bonds. The summed E-state index contributed by atoms with van der Waals surface area (Å²) in [5.41, 5.74) is 6.82. The van der Waals surface area contributed by atoms with Gasteiger partial charge in [-0.1, -0.05) is 30.3 Å². The molecule has 21 heavy (non-hydrogen) atoms. The number of hydrogen-bond acceptors (Lipinski definition) is 5. The third-order valence-corrected chi connectivity index (χ3v) is 4.08. The fourth-order valence-electron chi connectivity index (χ4n) is 2.88. The van der Waals surface area contributed by atoms with Gasteiger partial charge in [0.2, 0.25) is 5.95 Å². The first kappa shape index (κ1) is 13.8. The SMILES string of the molecule is Cc1cc(N2CCC(O)(c3ccccc3)CC2)nc(N)n1. The molecule has 2 aromatic rings. The monoisotopic (exact) mass is 284 g/mol. The van der Waals surface area contributed by atoms with E-state index >= 15 is 0 Å². The highest BCUT2D eigenvalue weighted by atomic mass is 16.3. The van der Waals surface area contributed by atoms with Crippen molar-refractivity contribution in [3.63, 3.8) is 0 Å². The number of aliphatic hydroxyl groups is 1. The zero-order valence-corrected chi connectivity index (χ0v) is 12.2. The van der Waals surface area contributed by atoms with Gasteiger partial charge in [0, 0.05) is 24.8 Å². The molecule has 3 N–H and O–H groups in total. The number of aryl methyl sites for hydroxylation is 1. The molecule has 5 heteroatoms. The number of nitrogens with zero attached hydrogens (tertiary/aromatic N) is 3. The van der Waals surface area contributed by atoms with Crippen molar-refractivity contribution in [3.8, 4) is 0 Å². The van der Waals surface area contributed by atoms with Gasteiger partial charge in [0.1, 0.15) is 5.82 Å². The third-order valence-electron chi connectivity index (χ3n) is 4.08. The van der Waals surface area contributed by atoms with Crippen LogP contribution in [0.25, 0.3) is 0 Å². The molecule has 1 aliphatic heterocycles. The molecular formula is C16H20N4O. The summed E-state index contributed by atoms with van der Waals surface area (Å²) in [7, 11) is 0. The van der Waals surface area contributed by atoms with Gasteiger partial charge in [-0.2, -0.15) is 4.98 Å². The molecule has 1 fully saturated rings. The van der Waals surface area contributed by atoms with Gasteiger partial charge in [-0.3, -0.25) is 0 Å². The van der Waals surface area contributed by atoms with E-state index in [1.165, 1.54) is 0 Å². The molecule has 0 unspecified atom stereocenters. The van der Waals surface area contributed by atoms with E-state index in [0.717, 1.165) is 30.2 Å². The van der Waals surface area contributed by atoms with Crippen molar-refractivity contribution in [3.05, 3.63) is 47.7 Å². The average Bonchev–Trinajstić information content (AvgIpc) is 2.48. The van der Waals surface area contributed by atoms with Crippen molar-refractivity contribution < 1.29 is 5.11 Å².